The van der Waals surface area contributed by atoms with Gasteiger partial charge in [-0.05, 0) is 79.2 Å². The molecular weight excluding hydrogens is 388 g/mol. The fraction of sp³-hybridized carbons (Fsp3) is 0.462. The minimum Gasteiger partial charge on any atom is -0.205 e. The van der Waals surface area contributed by atoms with Gasteiger partial charge in [0, 0.05) is 5.56 Å². The van der Waals surface area contributed by atoms with Crippen molar-refractivity contribution in [3.05, 3.63) is 69.8 Å². The van der Waals surface area contributed by atoms with E-state index in [-0.39, 0.29) is 16.9 Å². The van der Waals surface area contributed by atoms with Gasteiger partial charge in [0.15, 0.2) is 17.5 Å². The third kappa shape index (κ3) is 4.26. The topological polar surface area (TPSA) is 0 Å². The fourth-order valence-corrected chi connectivity index (χ4v) is 5.17. The summed E-state index contributed by atoms with van der Waals surface area (Å²) in [6, 6.07) is 5.23. The molecule has 2 aliphatic carbocycles. The molecule has 30 heavy (non-hydrogen) atoms. The fourth-order valence-electron chi connectivity index (χ4n) is 5.17. The van der Waals surface area contributed by atoms with Gasteiger partial charge in [-0.1, -0.05) is 44.1 Å². The highest BCUT2D eigenvalue weighted by Crippen LogP contribution is 2.40. The van der Waals surface area contributed by atoms with Gasteiger partial charge in [-0.2, -0.15) is 0 Å². The van der Waals surface area contributed by atoms with Crippen molar-refractivity contribution in [3.63, 3.8) is 0 Å². The summed E-state index contributed by atoms with van der Waals surface area (Å²) in [5.41, 5.74) is 1.97. The van der Waals surface area contributed by atoms with Gasteiger partial charge in [-0.15, -0.1) is 0 Å². The van der Waals surface area contributed by atoms with Crippen molar-refractivity contribution in [2.45, 2.75) is 58.3 Å². The van der Waals surface area contributed by atoms with Crippen LogP contribution in [-0.4, -0.2) is 0 Å². The van der Waals surface area contributed by atoms with Crippen LogP contribution >= 0.6 is 0 Å². The second-order valence-corrected chi connectivity index (χ2v) is 8.76. The maximum atomic E-state index is 15.0. The third-order valence-electron chi connectivity index (χ3n) is 7.05. The first-order valence-corrected chi connectivity index (χ1v) is 10.9. The van der Waals surface area contributed by atoms with Crippen LogP contribution in [0.5, 0.6) is 0 Å². The Bertz CT molecular complexity index is 967. The van der Waals surface area contributed by atoms with Crippen LogP contribution in [0.3, 0.4) is 0 Å². The lowest BCUT2D eigenvalue weighted by atomic mass is 9.69. The van der Waals surface area contributed by atoms with Crippen molar-refractivity contribution in [2.24, 2.45) is 17.8 Å². The lowest BCUT2D eigenvalue weighted by Crippen LogP contribution is -2.27. The monoisotopic (exact) mass is 414 g/mol. The SMILES string of the molecule is CCC1CCC(C2CCc3c(ccc(C#Cc4cc(F)c(F)c(F)c4)c3F)C2)CC1. The predicted molar refractivity (Wildman–Crippen MR) is 110 cm³/mol. The van der Waals surface area contributed by atoms with Gasteiger partial charge < -0.3 is 0 Å². The standard InChI is InChI=1S/C26H26F4/c1-2-16-3-6-18(7-4-16)20-11-12-22-21(15-20)10-9-19(25(22)29)8-5-17-13-23(27)26(30)24(28)14-17/h9-10,13-14,16,18,20H,2-4,6-7,11-12,15H2,1H3. The lowest BCUT2D eigenvalue weighted by Gasteiger charge is -2.36. The Labute approximate surface area is 175 Å². The van der Waals surface area contributed by atoms with E-state index in [1.54, 1.807) is 6.07 Å². The molecule has 0 N–H and O–H groups in total. The highest BCUT2D eigenvalue weighted by molar-refractivity contribution is 5.47. The van der Waals surface area contributed by atoms with Gasteiger partial charge in [-0.3, -0.25) is 0 Å². The molecule has 0 radical (unpaired) electrons. The van der Waals surface area contributed by atoms with Crippen molar-refractivity contribution in [2.75, 3.05) is 0 Å². The van der Waals surface area contributed by atoms with Crippen LogP contribution in [0, 0.1) is 52.9 Å². The minimum atomic E-state index is -1.53. The number of hydrogen-bond acceptors (Lipinski definition) is 0. The summed E-state index contributed by atoms with van der Waals surface area (Å²) < 4.78 is 54.8. The average molecular weight is 414 g/mol. The van der Waals surface area contributed by atoms with E-state index >= 15 is 4.39 Å². The molecule has 2 aromatic rings. The quantitative estimate of drug-likeness (QED) is 0.283. The summed E-state index contributed by atoms with van der Waals surface area (Å²) in [4.78, 5) is 0. The molecule has 4 rings (SSSR count). The smallest absolute Gasteiger partial charge is 0.194 e. The van der Waals surface area contributed by atoms with Crippen molar-refractivity contribution < 1.29 is 17.6 Å². The van der Waals surface area contributed by atoms with Gasteiger partial charge >= 0.3 is 0 Å². The number of hydrogen-bond donors (Lipinski definition) is 0. The molecule has 158 valence electrons. The zero-order valence-corrected chi connectivity index (χ0v) is 17.2. The Morgan fingerprint density at radius 1 is 0.833 bits per heavy atom. The second kappa shape index (κ2) is 8.84. The van der Waals surface area contributed by atoms with Crippen LogP contribution in [0.1, 0.15) is 67.7 Å². The predicted octanol–water partition coefficient (Wildman–Crippen LogP) is 6.96. The number of halogens is 4. The molecule has 0 amide bonds. The molecule has 0 bridgehead atoms. The summed E-state index contributed by atoms with van der Waals surface area (Å²) in [5, 5.41) is 0. The molecule has 2 aromatic carbocycles. The lowest BCUT2D eigenvalue weighted by molar-refractivity contribution is 0.186. The molecule has 0 spiro atoms. The molecule has 0 heterocycles. The first-order valence-electron chi connectivity index (χ1n) is 10.9. The molecule has 0 aliphatic heterocycles. The van der Waals surface area contributed by atoms with Crippen LogP contribution in [0.2, 0.25) is 0 Å². The molecule has 0 nitrogen and oxygen atoms in total. The van der Waals surface area contributed by atoms with Crippen LogP contribution in [0.4, 0.5) is 17.6 Å². The third-order valence-corrected chi connectivity index (χ3v) is 7.05. The van der Waals surface area contributed by atoms with Crippen molar-refractivity contribution >= 4 is 0 Å². The van der Waals surface area contributed by atoms with Crippen LogP contribution in [0.25, 0.3) is 0 Å². The molecule has 1 fully saturated rings. The first-order chi connectivity index (χ1) is 14.5. The summed E-state index contributed by atoms with van der Waals surface area (Å²) in [6.07, 6.45) is 9.09. The van der Waals surface area contributed by atoms with Gasteiger partial charge in [0.05, 0.1) is 5.56 Å². The second-order valence-electron chi connectivity index (χ2n) is 8.76. The van der Waals surface area contributed by atoms with Gasteiger partial charge in [0.2, 0.25) is 0 Å². The summed E-state index contributed by atoms with van der Waals surface area (Å²) in [6.45, 7) is 2.27. The van der Waals surface area contributed by atoms with Crippen LogP contribution < -0.4 is 0 Å². The zero-order valence-electron chi connectivity index (χ0n) is 17.2. The minimum absolute atomic E-state index is 0.0220. The Hall–Kier alpha value is -2.28. The van der Waals surface area contributed by atoms with E-state index in [1.807, 2.05) is 6.07 Å². The molecule has 1 unspecified atom stereocenters. The number of fused-ring (bicyclic) bond motifs is 1. The highest BCUT2D eigenvalue weighted by atomic mass is 19.2. The Kier molecular flexibility index (Phi) is 6.18. The summed E-state index contributed by atoms with van der Waals surface area (Å²) in [5.74, 6) is 2.98. The molecule has 2 aliphatic rings. The average Bonchev–Trinajstić information content (AvgIpc) is 2.76. The van der Waals surface area contributed by atoms with E-state index in [2.05, 4.69) is 18.8 Å². The van der Waals surface area contributed by atoms with Crippen molar-refractivity contribution in [1.82, 2.24) is 0 Å². The number of rotatable bonds is 2. The van der Waals surface area contributed by atoms with Crippen LogP contribution in [0.15, 0.2) is 24.3 Å². The zero-order chi connectivity index (χ0) is 21.3. The van der Waals surface area contributed by atoms with Crippen molar-refractivity contribution in [1.29, 1.82) is 0 Å². The van der Waals surface area contributed by atoms with Gasteiger partial charge in [0.1, 0.15) is 5.82 Å². The van der Waals surface area contributed by atoms with E-state index < -0.39 is 17.5 Å². The highest BCUT2D eigenvalue weighted by Gasteiger charge is 2.31. The van der Waals surface area contributed by atoms with Gasteiger partial charge in [0.25, 0.3) is 0 Å². The van der Waals surface area contributed by atoms with Crippen LogP contribution in [-0.2, 0) is 12.8 Å². The van der Waals surface area contributed by atoms with E-state index in [0.717, 1.165) is 47.9 Å². The summed E-state index contributed by atoms with van der Waals surface area (Å²) in [7, 11) is 0. The maximum absolute atomic E-state index is 15.0. The molecule has 4 heteroatoms. The number of benzene rings is 2. The Morgan fingerprint density at radius 3 is 2.20 bits per heavy atom. The normalized spacial score (nSPS) is 23.4. The molecular formula is C26H26F4. The molecule has 1 saturated carbocycles. The maximum Gasteiger partial charge on any atom is 0.194 e. The van der Waals surface area contributed by atoms with E-state index in [0.29, 0.717) is 12.3 Å². The first kappa shape index (κ1) is 21.0. The van der Waals surface area contributed by atoms with Gasteiger partial charge in [-0.25, -0.2) is 17.6 Å². The Morgan fingerprint density at radius 2 is 1.53 bits per heavy atom. The molecule has 1 atom stereocenters. The molecule has 0 aromatic heterocycles. The largest absolute Gasteiger partial charge is 0.205 e. The van der Waals surface area contributed by atoms with E-state index in [9.17, 15) is 13.2 Å². The van der Waals surface area contributed by atoms with Crippen molar-refractivity contribution in [3.8, 4) is 11.8 Å². The van der Waals surface area contributed by atoms with E-state index in [1.165, 1.54) is 32.1 Å². The summed E-state index contributed by atoms with van der Waals surface area (Å²) >= 11 is 0. The van der Waals surface area contributed by atoms with E-state index in [4.69, 9.17) is 0 Å². The molecule has 0 saturated heterocycles. The Balaban J connectivity index is 1.50.